The Bertz CT molecular complexity index is 128. The van der Waals surface area contributed by atoms with Gasteiger partial charge in [0.25, 0.3) is 0 Å². The Labute approximate surface area is 79.6 Å². The van der Waals surface area contributed by atoms with Crippen molar-refractivity contribution >= 4 is 5.97 Å². The predicted molar refractivity (Wildman–Crippen MR) is 50.6 cm³/mol. The molecule has 0 aromatic rings. The summed E-state index contributed by atoms with van der Waals surface area (Å²) in [6.07, 6.45) is 1.30. The van der Waals surface area contributed by atoms with Crippen LogP contribution in [0.5, 0.6) is 0 Å². The van der Waals surface area contributed by atoms with Crippen LogP contribution in [0.4, 0.5) is 0 Å². The first-order valence-electron chi connectivity index (χ1n) is 4.66. The molecule has 0 saturated carbocycles. The molecule has 0 aliphatic rings. The molecule has 0 atom stereocenters. The zero-order valence-electron chi connectivity index (χ0n) is 8.47. The van der Waals surface area contributed by atoms with E-state index < -0.39 is 0 Å². The smallest absolute Gasteiger partial charge is 0.305 e. The summed E-state index contributed by atoms with van der Waals surface area (Å²) in [5.74, 6) is -0.147. The van der Waals surface area contributed by atoms with E-state index in [0.717, 1.165) is 32.7 Å². The Morgan fingerprint density at radius 2 is 2.15 bits per heavy atom. The van der Waals surface area contributed by atoms with E-state index in [-0.39, 0.29) is 5.97 Å². The Morgan fingerprint density at radius 3 is 2.77 bits per heavy atom. The maximum absolute atomic E-state index is 10.7. The van der Waals surface area contributed by atoms with Gasteiger partial charge in [0, 0.05) is 19.6 Å². The van der Waals surface area contributed by atoms with E-state index in [9.17, 15) is 4.79 Å². The highest BCUT2D eigenvalue weighted by molar-refractivity contribution is 5.68. The standard InChI is InChI=1S/C9H19NO3/c1-3-13-8-7-10-6-4-5-9(11)12-2/h10H,3-8H2,1-2H3. The minimum Gasteiger partial charge on any atom is -0.469 e. The van der Waals surface area contributed by atoms with Crippen LogP contribution in [0.15, 0.2) is 0 Å². The number of methoxy groups -OCH3 is 1. The third kappa shape index (κ3) is 9.30. The van der Waals surface area contributed by atoms with Gasteiger partial charge in [-0.25, -0.2) is 0 Å². The average Bonchev–Trinajstić information content (AvgIpc) is 2.16. The van der Waals surface area contributed by atoms with E-state index in [1.807, 2.05) is 6.92 Å². The topological polar surface area (TPSA) is 47.6 Å². The summed E-state index contributed by atoms with van der Waals surface area (Å²) in [6.45, 7) is 5.13. The van der Waals surface area contributed by atoms with Gasteiger partial charge in [0.05, 0.1) is 13.7 Å². The summed E-state index contributed by atoms with van der Waals surface area (Å²) in [7, 11) is 1.41. The highest BCUT2D eigenvalue weighted by Gasteiger charge is 1.97. The molecule has 4 nitrogen and oxygen atoms in total. The monoisotopic (exact) mass is 189 g/mol. The van der Waals surface area contributed by atoms with E-state index in [1.54, 1.807) is 0 Å². The molecule has 0 fully saturated rings. The van der Waals surface area contributed by atoms with Gasteiger partial charge in [0.15, 0.2) is 0 Å². The molecule has 1 N–H and O–H groups in total. The van der Waals surface area contributed by atoms with Crippen molar-refractivity contribution in [3.05, 3.63) is 0 Å². The molecule has 0 bridgehead atoms. The van der Waals surface area contributed by atoms with Crippen LogP contribution < -0.4 is 5.32 Å². The minimum atomic E-state index is -0.147. The third-order valence-electron chi connectivity index (χ3n) is 1.59. The quantitative estimate of drug-likeness (QED) is 0.448. The van der Waals surface area contributed by atoms with Gasteiger partial charge in [-0.1, -0.05) is 0 Å². The lowest BCUT2D eigenvalue weighted by Crippen LogP contribution is -2.21. The molecule has 78 valence electrons. The molecular weight excluding hydrogens is 170 g/mol. The third-order valence-corrected chi connectivity index (χ3v) is 1.59. The van der Waals surface area contributed by atoms with Gasteiger partial charge in [-0.2, -0.15) is 0 Å². The molecule has 0 saturated heterocycles. The predicted octanol–water partition coefficient (Wildman–Crippen LogP) is 0.566. The number of hydrogen-bond acceptors (Lipinski definition) is 4. The average molecular weight is 189 g/mol. The summed E-state index contributed by atoms with van der Waals surface area (Å²) in [4.78, 5) is 10.7. The highest BCUT2D eigenvalue weighted by atomic mass is 16.5. The first kappa shape index (κ1) is 12.4. The van der Waals surface area contributed by atoms with Gasteiger partial charge in [-0.3, -0.25) is 4.79 Å². The SMILES string of the molecule is CCOCCNCCCC(=O)OC. The molecule has 0 aliphatic carbocycles. The molecule has 0 spiro atoms. The number of rotatable bonds is 8. The van der Waals surface area contributed by atoms with Gasteiger partial charge in [-0.15, -0.1) is 0 Å². The fraction of sp³-hybridized carbons (Fsp3) is 0.889. The lowest BCUT2D eigenvalue weighted by Gasteiger charge is -2.03. The zero-order valence-corrected chi connectivity index (χ0v) is 8.47. The molecular formula is C9H19NO3. The highest BCUT2D eigenvalue weighted by Crippen LogP contribution is 1.88. The summed E-state index contributed by atoms with van der Waals surface area (Å²) in [5, 5.41) is 3.17. The van der Waals surface area contributed by atoms with Crippen LogP contribution in [0.3, 0.4) is 0 Å². The van der Waals surface area contributed by atoms with Gasteiger partial charge < -0.3 is 14.8 Å². The number of carbonyl (C=O) groups is 1. The van der Waals surface area contributed by atoms with E-state index in [1.165, 1.54) is 7.11 Å². The molecule has 0 aromatic carbocycles. The molecule has 0 aromatic heterocycles. The second-order valence-electron chi connectivity index (χ2n) is 2.63. The summed E-state index contributed by atoms with van der Waals surface area (Å²) >= 11 is 0. The summed E-state index contributed by atoms with van der Waals surface area (Å²) in [5.41, 5.74) is 0. The maximum atomic E-state index is 10.7. The Morgan fingerprint density at radius 1 is 1.38 bits per heavy atom. The van der Waals surface area contributed by atoms with E-state index in [4.69, 9.17) is 4.74 Å². The number of ether oxygens (including phenoxy) is 2. The second kappa shape index (κ2) is 9.48. The minimum absolute atomic E-state index is 0.147. The van der Waals surface area contributed by atoms with Gasteiger partial charge in [-0.05, 0) is 19.9 Å². The van der Waals surface area contributed by atoms with Crippen molar-refractivity contribution < 1.29 is 14.3 Å². The van der Waals surface area contributed by atoms with Crippen molar-refractivity contribution in [3.63, 3.8) is 0 Å². The summed E-state index contributed by atoms with van der Waals surface area (Å²) in [6, 6.07) is 0. The maximum Gasteiger partial charge on any atom is 0.305 e. The molecule has 13 heavy (non-hydrogen) atoms. The van der Waals surface area contributed by atoms with Gasteiger partial charge in [0.2, 0.25) is 0 Å². The van der Waals surface area contributed by atoms with E-state index in [0.29, 0.717) is 6.42 Å². The van der Waals surface area contributed by atoms with Crippen LogP contribution in [0.25, 0.3) is 0 Å². The van der Waals surface area contributed by atoms with Crippen LogP contribution in [-0.2, 0) is 14.3 Å². The second-order valence-corrected chi connectivity index (χ2v) is 2.63. The molecule has 0 heterocycles. The van der Waals surface area contributed by atoms with Crippen molar-refractivity contribution in [1.29, 1.82) is 0 Å². The van der Waals surface area contributed by atoms with Crippen LogP contribution in [-0.4, -0.2) is 39.4 Å². The Hall–Kier alpha value is -0.610. The zero-order chi connectivity index (χ0) is 9.94. The largest absolute Gasteiger partial charge is 0.469 e. The molecule has 0 rings (SSSR count). The number of nitrogens with one attached hydrogen (secondary N) is 1. The van der Waals surface area contributed by atoms with Crippen molar-refractivity contribution in [2.75, 3.05) is 33.4 Å². The van der Waals surface area contributed by atoms with Crippen molar-refractivity contribution in [2.24, 2.45) is 0 Å². The van der Waals surface area contributed by atoms with Gasteiger partial charge >= 0.3 is 5.97 Å². The van der Waals surface area contributed by atoms with E-state index >= 15 is 0 Å². The fourth-order valence-corrected chi connectivity index (χ4v) is 0.873. The van der Waals surface area contributed by atoms with Crippen molar-refractivity contribution in [1.82, 2.24) is 5.32 Å². The Kier molecular flexibility index (Phi) is 9.03. The molecule has 0 aliphatic heterocycles. The number of hydrogen-bond donors (Lipinski definition) is 1. The lowest BCUT2D eigenvalue weighted by molar-refractivity contribution is -0.140. The first-order valence-corrected chi connectivity index (χ1v) is 4.66. The van der Waals surface area contributed by atoms with Crippen LogP contribution in [0.2, 0.25) is 0 Å². The molecule has 4 heteroatoms. The lowest BCUT2D eigenvalue weighted by atomic mass is 10.3. The Balaban J connectivity index is 2.95. The van der Waals surface area contributed by atoms with Crippen molar-refractivity contribution in [2.45, 2.75) is 19.8 Å². The van der Waals surface area contributed by atoms with E-state index in [2.05, 4.69) is 10.1 Å². The van der Waals surface area contributed by atoms with Crippen LogP contribution >= 0.6 is 0 Å². The van der Waals surface area contributed by atoms with Crippen LogP contribution in [0, 0.1) is 0 Å². The number of esters is 1. The van der Waals surface area contributed by atoms with Gasteiger partial charge in [0.1, 0.15) is 0 Å². The molecule has 0 amide bonds. The fourth-order valence-electron chi connectivity index (χ4n) is 0.873. The molecule has 0 radical (unpaired) electrons. The molecule has 0 unspecified atom stereocenters. The first-order chi connectivity index (χ1) is 6.31. The number of carbonyl (C=O) groups excluding carboxylic acids is 1. The summed E-state index contributed by atoms with van der Waals surface area (Å²) < 4.78 is 9.63. The van der Waals surface area contributed by atoms with Crippen molar-refractivity contribution in [3.8, 4) is 0 Å². The normalized spacial score (nSPS) is 10.0. The van der Waals surface area contributed by atoms with Crippen LogP contribution in [0.1, 0.15) is 19.8 Å².